The fraction of sp³-hybridized carbons (Fsp3) is 0.571. The highest BCUT2D eigenvalue weighted by Crippen LogP contribution is 2.33. The van der Waals surface area contributed by atoms with Crippen LogP contribution in [-0.2, 0) is 4.74 Å². The van der Waals surface area contributed by atoms with E-state index in [2.05, 4.69) is 6.92 Å². The minimum atomic E-state index is -0.971. The predicted molar refractivity (Wildman–Crippen MR) is 73.4 cm³/mol. The van der Waals surface area contributed by atoms with Crippen LogP contribution in [0.5, 0.6) is 0 Å². The number of hydrogen-bond donors (Lipinski definition) is 0. The van der Waals surface area contributed by atoms with Crippen molar-refractivity contribution in [2.24, 2.45) is 0 Å². The summed E-state index contributed by atoms with van der Waals surface area (Å²) in [6.07, 6.45) is 6.46. The fourth-order valence-electron chi connectivity index (χ4n) is 2.15. The fourth-order valence-corrected chi connectivity index (χ4v) is 2.71. The third-order valence-electron chi connectivity index (χ3n) is 3.34. The molecule has 0 aromatic rings. The molecule has 4 heteroatoms. The van der Waals surface area contributed by atoms with Crippen molar-refractivity contribution in [3.8, 4) is 0 Å². The Balaban J connectivity index is 2.06. The van der Waals surface area contributed by atoms with Gasteiger partial charge < -0.3 is 4.74 Å². The second kappa shape index (κ2) is 6.12. The molecule has 0 radical (unpaired) electrons. The summed E-state index contributed by atoms with van der Waals surface area (Å²) in [5.41, 5.74) is 1.34. The summed E-state index contributed by atoms with van der Waals surface area (Å²) in [6.45, 7) is 2.12. The lowest BCUT2D eigenvalue weighted by Gasteiger charge is -2.23. The maximum Gasteiger partial charge on any atom is 0.122 e. The molecule has 0 N–H and O–H groups in total. The highest BCUT2D eigenvalue weighted by Gasteiger charge is 2.24. The molecule has 18 heavy (non-hydrogen) atoms. The van der Waals surface area contributed by atoms with Crippen molar-refractivity contribution in [1.29, 1.82) is 0 Å². The summed E-state index contributed by atoms with van der Waals surface area (Å²) in [5.74, 6) is 1.52. The van der Waals surface area contributed by atoms with E-state index in [0.29, 0.717) is 17.9 Å². The van der Waals surface area contributed by atoms with E-state index in [1.807, 2.05) is 6.08 Å². The van der Waals surface area contributed by atoms with E-state index in [1.54, 1.807) is 6.08 Å². The smallest absolute Gasteiger partial charge is 0.122 e. The normalized spacial score (nSPS) is 28.9. The molecule has 0 aliphatic heterocycles. The van der Waals surface area contributed by atoms with Crippen LogP contribution in [0.15, 0.2) is 34.3 Å². The molecule has 0 saturated heterocycles. The van der Waals surface area contributed by atoms with Gasteiger partial charge in [0.05, 0.1) is 10.4 Å². The predicted octanol–water partition coefficient (Wildman–Crippen LogP) is 5.21. The van der Waals surface area contributed by atoms with Crippen LogP contribution in [-0.4, -0.2) is 11.5 Å². The SMILES string of the molecule is CCC1=CC(Cl)=C(OC2=CC(Cl)C(F)CC2)CC1. The van der Waals surface area contributed by atoms with E-state index in [0.717, 1.165) is 30.8 Å². The van der Waals surface area contributed by atoms with Gasteiger partial charge >= 0.3 is 0 Å². The average Bonchev–Trinajstić information content (AvgIpc) is 2.36. The molecule has 0 fully saturated rings. The van der Waals surface area contributed by atoms with Gasteiger partial charge in [0.15, 0.2) is 0 Å². The van der Waals surface area contributed by atoms with Crippen molar-refractivity contribution >= 4 is 23.2 Å². The second-order valence-corrected chi connectivity index (χ2v) is 5.57. The molecule has 0 spiro atoms. The maximum absolute atomic E-state index is 13.2. The highest BCUT2D eigenvalue weighted by molar-refractivity contribution is 6.31. The Morgan fingerprint density at radius 1 is 1.39 bits per heavy atom. The quantitative estimate of drug-likeness (QED) is 0.649. The van der Waals surface area contributed by atoms with E-state index in [-0.39, 0.29) is 0 Å². The molecule has 2 unspecified atom stereocenters. The van der Waals surface area contributed by atoms with Crippen LogP contribution in [0, 0.1) is 0 Å². The molecular weight excluding hydrogens is 274 g/mol. The number of hydrogen-bond acceptors (Lipinski definition) is 1. The molecule has 2 atom stereocenters. The number of halogens is 3. The van der Waals surface area contributed by atoms with Crippen LogP contribution in [0.1, 0.15) is 39.0 Å². The summed E-state index contributed by atoms with van der Waals surface area (Å²) in [6, 6.07) is 0. The summed E-state index contributed by atoms with van der Waals surface area (Å²) in [5, 5.41) is 0.0750. The first-order chi connectivity index (χ1) is 8.60. The van der Waals surface area contributed by atoms with Crippen molar-refractivity contribution in [1.82, 2.24) is 0 Å². The van der Waals surface area contributed by atoms with Gasteiger partial charge in [0, 0.05) is 12.8 Å². The van der Waals surface area contributed by atoms with E-state index in [9.17, 15) is 4.39 Å². The molecule has 0 saturated carbocycles. The van der Waals surface area contributed by atoms with Crippen LogP contribution in [0.3, 0.4) is 0 Å². The molecule has 100 valence electrons. The summed E-state index contributed by atoms with van der Waals surface area (Å²) in [4.78, 5) is 0. The van der Waals surface area contributed by atoms with Crippen LogP contribution >= 0.6 is 23.2 Å². The zero-order chi connectivity index (χ0) is 13.1. The van der Waals surface area contributed by atoms with Gasteiger partial charge in [-0.2, -0.15) is 0 Å². The van der Waals surface area contributed by atoms with Crippen molar-refractivity contribution in [2.45, 2.75) is 50.6 Å². The van der Waals surface area contributed by atoms with E-state index in [1.165, 1.54) is 5.57 Å². The third-order valence-corrected chi connectivity index (χ3v) is 4.06. The van der Waals surface area contributed by atoms with E-state index in [4.69, 9.17) is 27.9 Å². The first kappa shape index (κ1) is 14.0. The molecule has 1 nitrogen and oxygen atoms in total. The molecule has 2 rings (SSSR count). The Hall–Kier alpha value is -0.470. The molecule has 0 bridgehead atoms. The molecule has 0 heterocycles. The topological polar surface area (TPSA) is 9.23 Å². The first-order valence-electron chi connectivity index (χ1n) is 6.35. The molecular formula is C14H17Cl2FO. The lowest BCUT2D eigenvalue weighted by atomic mass is 10.0. The highest BCUT2D eigenvalue weighted by atomic mass is 35.5. The third kappa shape index (κ3) is 3.30. The minimum Gasteiger partial charge on any atom is -0.465 e. The number of alkyl halides is 2. The molecule has 2 aliphatic carbocycles. The number of rotatable bonds is 3. The van der Waals surface area contributed by atoms with Crippen molar-refractivity contribution < 1.29 is 9.13 Å². The summed E-state index contributed by atoms with van der Waals surface area (Å²) >= 11 is 12.1. The largest absolute Gasteiger partial charge is 0.465 e. The van der Waals surface area contributed by atoms with Gasteiger partial charge in [-0.25, -0.2) is 4.39 Å². The molecule has 0 amide bonds. The molecule has 0 aromatic heterocycles. The standard InChI is InChI=1S/C14H17Cl2FO/c1-2-9-3-6-14(12(16)7-9)18-10-4-5-13(17)11(15)8-10/h7-8,11,13H,2-6H2,1H3. The van der Waals surface area contributed by atoms with E-state index >= 15 is 0 Å². The van der Waals surface area contributed by atoms with Crippen molar-refractivity contribution in [3.05, 3.63) is 34.3 Å². The van der Waals surface area contributed by atoms with Crippen LogP contribution in [0.4, 0.5) is 4.39 Å². The monoisotopic (exact) mass is 290 g/mol. The van der Waals surface area contributed by atoms with Crippen molar-refractivity contribution in [2.75, 3.05) is 0 Å². The van der Waals surface area contributed by atoms with E-state index < -0.39 is 11.5 Å². The van der Waals surface area contributed by atoms with Crippen LogP contribution in [0.2, 0.25) is 0 Å². The van der Waals surface area contributed by atoms with Gasteiger partial charge in [-0.1, -0.05) is 24.1 Å². The average molecular weight is 291 g/mol. The van der Waals surface area contributed by atoms with Gasteiger partial charge in [-0.15, -0.1) is 11.6 Å². The minimum absolute atomic E-state index is 0.418. The van der Waals surface area contributed by atoms with Gasteiger partial charge in [-0.3, -0.25) is 0 Å². The van der Waals surface area contributed by atoms with Crippen molar-refractivity contribution in [3.63, 3.8) is 0 Å². The molecule has 2 aliphatic rings. The van der Waals surface area contributed by atoms with Crippen LogP contribution in [0.25, 0.3) is 0 Å². The zero-order valence-electron chi connectivity index (χ0n) is 10.4. The summed E-state index contributed by atoms with van der Waals surface area (Å²) < 4.78 is 19.0. The van der Waals surface area contributed by atoms with Gasteiger partial charge in [-0.05, 0) is 31.4 Å². The first-order valence-corrected chi connectivity index (χ1v) is 7.16. The van der Waals surface area contributed by atoms with Crippen LogP contribution < -0.4 is 0 Å². The number of ether oxygens (including phenoxy) is 1. The second-order valence-electron chi connectivity index (χ2n) is 4.66. The Morgan fingerprint density at radius 3 is 2.78 bits per heavy atom. The number of allylic oxidation sites excluding steroid dienone is 6. The zero-order valence-corrected chi connectivity index (χ0v) is 11.9. The Kier molecular flexibility index (Phi) is 4.74. The Morgan fingerprint density at radius 2 is 2.17 bits per heavy atom. The Bertz CT molecular complexity index is 412. The summed E-state index contributed by atoms with van der Waals surface area (Å²) in [7, 11) is 0. The lowest BCUT2D eigenvalue weighted by molar-refractivity contribution is 0.231. The van der Waals surface area contributed by atoms with Gasteiger partial charge in [0.1, 0.15) is 17.7 Å². The maximum atomic E-state index is 13.2. The van der Waals surface area contributed by atoms with Gasteiger partial charge in [0.25, 0.3) is 0 Å². The lowest BCUT2D eigenvalue weighted by Crippen LogP contribution is -2.19. The molecule has 0 aromatic carbocycles. The Labute approximate surface area is 117 Å². The van der Waals surface area contributed by atoms with Gasteiger partial charge in [0.2, 0.25) is 0 Å².